The maximum Gasteiger partial charge on any atom is 0.190 e. The van der Waals surface area contributed by atoms with Crippen LogP contribution in [0, 0.1) is 62.5 Å². The average molecular weight is 392 g/mol. The van der Waals surface area contributed by atoms with E-state index in [1.807, 2.05) is 18.2 Å². The average Bonchev–Trinajstić information content (AvgIpc) is 2.74. The topological polar surface area (TPSA) is 109 Å². The zero-order valence-corrected chi connectivity index (χ0v) is 16.5. The van der Waals surface area contributed by atoms with E-state index in [-0.39, 0.29) is 17.2 Å². The van der Waals surface area contributed by atoms with E-state index in [1.54, 1.807) is 0 Å². The Morgan fingerprint density at radius 2 is 2.03 bits per heavy atom. The van der Waals surface area contributed by atoms with Gasteiger partial charge in [0.1, 0.15) is 17.5 Å². The third kappa shape index (κ3) is 3.16. The molecular formula is C22H23FN5O+. The van der Waals surface area contributed by atoms with Gasteiger partial charge in [-0.2, -0.15) is 15.8 Å². The summed E-state index contributed by atoms with van der Waals surface area (Å²) in [5, 5.41) is 38.4. The highest BCUT2D eigenvalue weighted by Crippen LogP contribution is 2.53. The Bertz CT molecular complexity index is 966. The van der Waals surface area contributed by atoms with E-state index < -0.39 is 23.1 Å². The van der Waals surface area contributed by atoms with Gasteiger partial charge in [-0.3, -0.25) is 0 Å². The van der Waals surface area contributed by atoms with Crippen LogP contribution in [0.25, 0.3) is 0 Å². The number of fused-ring (bicyclic) bond motifs is 1. The maximum atomic E-state index is 15.0. The molecule has 1 aliphatic carbocycles. The van der Waals surface area contributed by atoms with E-state index in [1.165, 1.54) is 30.2 Å². The first kappa shape index (κ1) is 20.5. The van der Waals surface area contributed by atoms with Gasteiger partial charge in [0.2, 0.25) is 0 Å². The van der Waals surface area contributed by atoms with Crippen LogP contribution in [0.2, 0.25) is 0 Å². The molecule has 148 valence electrons. The summed E-state index contributed by atoms with van der Waals surface area (Å²) in [5.74, 6) is -2.34. The monoisotopic (exact) mass is 392 g/mol. The Morgan fingerprint density at radius 1 is 1.31 bits per heavy atom. The molecule has 7 heteroatoms. The number of halogens is 1. The normalized spacial score (nSPS) is 27.6. The number of nitrogens with one attached hydrogen (secondary N) is 2. The van der Waals surface area contributed by atoms with Crippen molar-refractivity contribution in [2.45, 2.75) is 19.3 Å². The molecule has 0 spiro atoms. The molecule has 0 radical (unpaired) electrons. The minimum Gasteiger partial charge on any atom is -0.497 e. The highest BCUT2D eigenvalue weighted by molar-refractivity contribution is 6.00. The molecule has 1 aliphatic heterocycles. The fraction of sp³-hybridized carbons (Fsp3) is 0.455. The Balaban J connectivity index is 2.27. The predicted molar refractivity (Wildman–Crippen MR) is 104 cm³/mol. The summed E-state index contributed by atoms with van der Waals surface area (Å²) in [6, 6.07) is 10.4. The number of hydrogen-bond donors (Lipinski definition) is 2. The standard InChI is InChI=1S/C22H22FN5O/c1-3-7-28-8-6-15-17(10-24)21(27)22(12-25,13-26)20(18(15)11-28)16-9-14(29-2)4-5-19(16)23/h4-6,9,17-18,20,27H,3,7-8,11H2,1-2H3/p+1/t17?,18-,20-/m0/s1. The van der Waals surface area contributed by atoms with Crippen LogP contribution in [0.3, 0.4) is 0 Å². The van der Waals surface area contributed by atoms with Crippen molar-refractivity contribution in [2.24, 2.45) is 17.3 Å². The van der Waals surface area contributed by atoms with Crippen LogP contribution in [-0.2, 0) is 0 Å². The summed E-state index contributed by atoms with van der Waals surface area (Å²) < 4.78 is 20.2. The van der Waals surface area contributed by atoms with Gasteiger partial charge in [0.05, 0.1) is 50.7 Å². The Kier molecular flexibility index (Phi) is 5.69. The Hall–Kier alpha value is -3.21. The van der Waals surface area contributed by atoms with Crippen LogP contribution >= 0.6 is 0 Å². The maximum absolute atomic E-state index is 15.0. The first-order valence-corrected chi connectivity index (χ1v) is 9.65. The molecule has 2 N–H and O–H groups in total. The molecule has 3 rings (SSSR count). The summed E-state index contributed by atoms with van der Waals surface area (Å²) in [5.41, 5.74) is -1.27. The molecule has 29 heavy (non-hydrogen) atoms. The highest BCUT2D eigenvalue weighted by Gasteiger charge is 2.59. The number of hydrogen-bond acceptors (Lipinski definition) is 5. The van der Waals surface area contributed by atoms with E-state index in [4.69, 9.17) is 10.1 Å². The number of rotatable bonds is 4. The van der Waals surface area contributed by atoms with Crippen molar-refractivity contribution >= 4 is 5.71 Å². The van der Waals surface area contributed by atoms with Crippen LogP contribution in [-0.4, -0.2) is 32.5 Å². The van der Waals surface area contributed by atoms with Crippen molar-refractivity contribution in [3.05, 3.63) is 41.2 Å². The second-order valence-corrected chi connectivity index (χ2v) is 7.59. The first-order chi connectivity index (χ1) is 14.0. The number of methoxy groups -OCH3 is 1. The summed E-state index contributed by atoms with van der Waals surface area (Å²) >= 11 is 0. The number of benzene rings is 1. The Morgan fingerprint density at radius 3 is 2.62 bits per heavy atom. The van der Waals surface area contributed by atoms with Crippen molar-refractivity contribution in [3.8, 4) is 24.0 Å². The second kappa shape index (κ2) is 8.03. The van der Waals surface area contributed by atoms with Crippen LogP contribution in [0.5, 0.6) is 5.75 Å². The molecule has 2 aliphatic rings. The lowest BCUT2D eigenvalue weighted by atomic mass is 9.54. The molecule has 0 saturated heterocycles. The van der Waals surface area contributed by atoms with E-state index in [0.29, 0.717) is 18.8 Å². The molecule has 1 fully saturated rings. The van der Waals surface area contributed by atoms with E-state index in [9.17, 15) is 20.2 Å². The molecule has 1 saturated carbocycles. The summed E-state index contributed by atoms with van der Waals surface area (Å²) in [6.07, 6.45) is 2.91. The number of nitriles is 3. The van der Waals surface area contributed by atoms with Crippen molar-refractivity contribution in [2.75, 3.05) is 26.7 Å². The molecule has 6 nitrogen and oxygen atoms in total. The number of quaternary nitrogens is 1. The van der Waals surface area contributed by atoms with Crippen LogP contribution in [0.15, 0.2) is 29.8 Å². The summed E-state index contributed by atoms with van der Waals surface area (Å²) in [4.78, 5) is 1.25. The minimum atomic E-state index is -1.91. The first-order valence-electron chi connectivity index (χ1n) is 9.65. The van der Waals surface area contributed by atoms with Crippen LogP contribution < -0.4 is 9.64 Å². The lowest BCUT2D eigenvalue weighted by molar-refractivity contribution is -0.899. The molecule has 0 bridgehead atoms. The van der Waals surface area contributed by atoms with Crippen molar-refractivity contribution in [1.82, 2.24) is 0 Å². The van der Waals surface area contributed by atoms with Crippen molar-refractivity contribution in [3.63, 3.8) is 0 Å². The predicted octanol–water partition coefficient (Wildman–Crippen LogP) is 1.98. The highest BCUT2D eigenvalue weighted by atomic mass is 19.1. The number of nitrogens with zero attached hydrogens (tertiary/aromatic N) is 3. The molecule has 2 unspecified atom stereocenters. The van der Waals surface area contributed by atoms with Crippen LogP contribution in [0.4, 0.5) is 4.39 Å². The smallest absolute Gasteiger partial charge is 0.190 e. The van der Waals surface area contributed by atoms with Gasteiger partial charge in [0.25, 0.3) is 0 Å². The second-order valence-electron chi connectivity index (χ2n) is 7.59. The molecule has 0 aromatic heterocycles. The van der Waals surface area contributed by atoms with Gasteiger partial charge in [-0.15, -0.1) is 0 Å². The fourth-order valence-corrected chi connectivity index (χ4v) is 4.75. The largest absolute Gasteiger partial charge is 0.497 e. The molecule has 1 heterocycles. The van der Waals surface area contributed by atoms with Gasteiger partial charge in [-0.05, 0) is 41.8 Å². The Labute approximate surface area is 169 Å². The van der Waals surface area contributed by atoms with Crippen molar-refractivity contribution in [1.29, 1.82) is 21.2 Å². The summed E-state index contributed by atoms with van der Waals surface area (Å²) in [6.45, 7) is 4.27. The molecule has 1 aromatic carbocycles. The SMILES string of the molecule is CCC[NH+]1CC=C2C(C#N)C(=N)C(C#N)(C#N)[C@@H](c3cc(OC)ccc3F)[C@H]2C1. The zero-order valence-electron chi connectivity index (χ0n) is 16.5. The fourth-order valence-electron chi connectivity index (χ4n) is 4.75. The van der Waals surface area contributed by atoms with Crippen LogP contribution in [0.1, 0.15) is 24.8 Å². The van der Waals surface area contributed by atoms with E-state index >= 15 is 0 Å². The van der Waals surface area contributed by atoms with E-state index in [2.05, 4.69) is 13.0 Å². The van der Waals surface area contributed by atoms with Gasteiger partial charge in [0.15, 0.2) is 5.41 Å². The molecular weight excluding hydrogens is 369 g/mol. The van der Waals surface area contributed by atoms with Gasteiger partial charge >= 0.3 is 0 Å². The number of ether oxygens (including phenoxy) is 1. The third-order valence-electron chi connectivity index (χ3n) is 6.10. The lowest BCUT2D eigenvalue weighted by Gasteiger charge is -2.46. The van der Waals surface area contributed by atoms with Gasteiger partial charge < -0.3 is 15.0 Å². The molecule has 0 amide bonds. The van der Waals surface area contributed by atoms with Crippen molar-refractivity contribution < 1.29 is 14.0 Å². The zero-order chi connectivity index (χ0) is 21.2. The quantitative estimate of drug-likeness (QED) is 0.764. The van der Waals surface area contributed by atoms with Gasteiger partial charge in [-0.1, -0.05) is 6.92 Å². The molecule has 4 atom stereocenters. The minimum absolute atomic E-state index is 0.183. The van der Waals surface area contributed by atoms with E-state index in [0.717, 1.165) is 18.5 Å². The molecule has 1 aromatic rings. The lowest BCUT2D eigenvalue weighted by Crippen LogP contribution is -3.13. The van der Waals surface area contributed by atoms with Gasteiger partial charge in [-0.25, -0.2) is 4.39 Å². The summed E-state index contributed by atoms with van der Waals surface area (Å²) in [7, 11) is 1.46. The van der Waals surface area contributed by atoms with Gasteiger partial charge in [0, 0.05) is 11.8 Å². The third-order valence-corrected chi connectivity index (χ3v) is 6.10.